The molecule has 0 aromatic heterocycles. The highest BCUT2D eigenvalue weighted by molar-refractivity contribution is 5.85. The quantitative estimate of drug-likeness (QED) is 0.476. The van der Waals surface area contributed by atoms with Gasteiger partial charge in [-0.05, 0) is 25.2 Å². The predicted octanol–water partition coefficient (Wildman–Crippen LogP) is 1.66. The Bertz CT molecular complexity index is 182. The number of hydrogen-bond donors (Lipinski definition) is 0. The first-order valence-electron chi connectivity index (χ1n) is 4.46. The van der Waals surface area contributed by atoms with Gasteiger partial charge in [0.05, 0.1) is 0 Å². The van der Waals surface area contributed by atoms with Crippen LogP contribution in [0.25, 0.3) is 0 Å². The van der Waals surface area contributed by atoms with Crippen LogP contribution in [-0.2, 0) is 14.3 Å². The van der Waals surface area contributed by atoms with E-state index in [1.165, 1.54) is 0 Å². The summed E-state index contributed by atoms with van der Waals surface area (Å²) in [5.74, 6) is -0.244. The van der Waals surface area contributed by atoms with Crippen LogP contribution in [0, 0.1) is 5.92 Å². The number of rotatable bonds is 4. The van der Waals surface area contributed by atoms with Crippen molar-refractivity contribution >= 4 is 11.9 Å². The average molecular weight is 170 g/mol. The van der Waals surface area contributed by atoms with E-state index >= 15 is 0 Å². The lowest BCUT2D eigenvalue weighted by Gasteiger charge is -1.99. The molecular formula is C9H14O3. The van der Waals surface area contributed by atoms with Crippen LogP contribution in [0.5, 0.6) is 0 Å². The van der Waals surface area contributed by atoms with Gasteiger partial charge in [-0.1, -0.05) is 6.92 Å². The minimum absolute atomic E-state index is 0.344. The molecule has 0 N–H and O–H groups in total. The van der Waals surface area contributed by atoms with Crippen LogP contribution in [0.15, 0.2) is 0 Å². The van der Waals surface area contributed by atoms with Gasteiger partial charge in [0, 0.05) is 12.8 Å². The molecule has 68 valence electrons. The standard InChI is InChI=1S/C9H14O3/c1-2-3-8(10)12-9(11)6-7-4-5-7/h7H,2-6H2,1H3. The molecular weight excluding hydrogens is 156 g/mol. The molecule has 0 aliphatic heterocycles. The van der Waals surface area contributed by atoms with Crippen molar-refractivity contribution < 1.29 is 14.3 Å². The van der Waals surface area contributed by atoms with Crippen LogP contribution in [0.4, 0.5) is 0 Å². The number of esters is 2. The van der Waals surface area contributed by atoms with E-state index in [-0.39, 0.29) is 11.9 Å². The second-order valence-corrected chi connectivity index (χ2v) is 3.24. The molecule has 1 rings (SSSR count). The monoisotopic (exact) mass is 170 g/mol. The van der Waals surface area contributed by atoms with Crippen molar-refractivity contribution in [2.24, 2.45) is 5.92 Å². The Morgan fingerprint density at radius 1 is 1.33 bits per heavy atom. The molecule has 1 fully saturated rings. The zero-order chi connectivity index (χ0) is 8.97. The fraction of sp³-hybridized carbons (Fsp3) is 0.778. The van der Waals surface area contributed by atoms with Crippen molar-refractivity contribution in [2.45, 2.75) is 39.0 Å². The second kappa shape index (κ2) is 4.24. The maximum Gasteiger partial charge on any atom is 0.313 e. The summed E-state index contributed by atoms with van der Waals surface area (Å²) in [5, 5.41) is 0. The molecule has 1 saturated carbocycles. The molecule has 0 heterocycles. The normalized spacial score (nSPS) is 15.8. The van der Waals surface area contributed by atoms with E-state index in [2.05, 4.69) is 4.74 Å². The van der Waals surface area contributed by atoms with Crippen LogP contribution in [0.1, 0.15) is 39.0 Å². The summed E-state index contributed by atoms with van der Waals surface area (Å²) in [7, 11) is 0. The lowest BCUT2D eigenvalue weighted by atomic mass is 10.3. The van der Waals surface area contributed by atoms with Gasteiger partial charge in [0.2, 0.25) is 0 Å². The van der Waals surface area contributed by atoms with Gasteiger partial charge in [0.25, 0.3) is 0 Å². The van der Waals surface area contributed by atoms with Gasteiger partial charge in [-0.15, -0.1) is 0 Å². The topological polar surface area (TPSA) is 43.4 Å². The maximum atomic E-state index is 10.9. The first kappa shape index (κ1) is 9.23. The molecule has 0 aromatic carbocycles. The van der Waals surface area contributed by atoms with Gasteiger partial charge >= 0.3 is 11.9 Å². The minimum atomic E-state index is -0.386. The van der Waals surface area contributed by atoms with E-state index in [4.69, 9.17) is 0 Å². The third kappa shape index (κ3) is 3.51. The summed E-state index contributed by atoms with van der Waals surface area (Å²) in [5.41, 5.74) is 0. The summed E-state index contributed by atoms with van der Waals surface area (Å²) in [4.78, 5) is 21.7. The number of ether oxygens (including phenoxy) is 1. The highest BCUT2D eigenvalue weighted by Gasteiger charge is 2.25. The van der Waals surface area contributed by atoms with Gasteiger partial charge in [-0.2, -0.15) is 0 Å². The molecule has 0 spiro atoms. The van der Waals surface area contributed by atoms with Crippen LogP contribution in [0.2, 0.25) is 0 Å². The molecule has 12 heavy (non-hydrogen) atoms. The number of carbonyl (C=O) groups is 2. The molecule has 0 bridgehead atoms. The molecule has 0 amide bonds. The van der Waals surface area contributed by atoms with Crippen molar-refractivity contribution in [1.29, 1.82) is 0 Å². The van der Waals surface area contributed by atoms with E-state index in [0.717, 1.165) is 19.3 Å². The first-order valence-corrected chi connectivity index (χ1v) is 4.46. The molecule has 1 aliphatic carbocycles. The largest absolute Gasteiger partial charge is 0.393 e. The van der Waals surface area contributed by atoms with Crippen LogP contribution in [0.3, 0.4) is 0 Å². The van der Waals surface area contributed by atoms with E-state index in [0.29, 0.717) is 18.8 Å². The van der Waals surface area contributed by atoms with Gasteiger partial charge in [0.1, 0.15) is 0 Å². The van der Waals surface area contributed by atoms with E-state index in [1.807, 2.05) is 6.92 Å². The summed E-state index contributed by atoms with van der Waals surface area (Å²) < 4.78 is 4.56. The lowest BCUT2D eigenvalue weighted by molar-refractivity contribution is -0.159. The number of carbonyl (C=O) groups excluding carboxylic acids is 2. The molecule has 3 heteroatoms. The third-order valence-corrected chi connectivity index (χ3v) is 1.83. The summed E-state index contributed by atoms with van der Waals surface area (Å²) in [6.07, 6.45) is 3.72. The Labute approximate surface area is 72.1 Å². The Morgan fingerprint density at radius 3 is 2.50 bits per heavy atom. The summed E-state index contributed by atoms with van der Waals surface area (Å²) >= 11 is 0. The Balaban J connectivity index is 2.11. The summed E-state index contributed by atoms with van der Waals surface area (Å²) in [6, 6.07) is 0. The highest BCUT2D eigenvalue weighted by Crippen LogP contribution is 2.32. The fourth-order valence-corrected chi connectivity index (χ4v) is 0.981. The molecule has 0 saturated heterocycles. The second-order valence-electron chi connectivity index (χ2n) is 3.24. The van der Waals surface area contributed by atoms with Crippen molar-refractivity contribution in [3.8, 4) is 0 Å². The maximum absolute atomic E-state index is 10.9. The van der Waals surface area contributed by atoms with Gasteiger partial charge < -0.3 is 4.74 Å². The predicted molar refractivity (Wildman–Crippen MR) is 43.3 cm³/mol. The van der Waals surface area contributed by atoms with Crippen molar-refractivity contribution in [3.63, 3.8) is 0 Å². The molecule has 3 nitrogen and oxygen atoms in total. The minimum Gasteiger partial charge on any atom is -0.393 e. The SMILES string of the molecule is CCCC(=O)OC(=O)CC1CC1. The van der Waals surface area contributed by atoms with Crippen molar-refractivity contribution in [1.82, 2.24) is 0 Å². The van der Waals surface area contributed by atoms with E-state index < -0.39 is 0 Å². The molecule has 0 radical (unpaired) electrons. The zero-order valence-electron chi connectivity index (χ0n) is 7.34. The smallest absolute Gasteiger partial charge is 0.313 e. The van der Waals surface area contributed by atoms with Gasteiger partial charge in [0.15, 0.2) is 0 Å². The molecule has 0 aromatic rings. The first-order chi connectivity index (χ1) is 5.72. The van der Waals surface area contributed by atoms with Crippen LogP contribution >= 0.6 is 0 Å². The Kier molecular flexibility index (Phi) is 3.26. The Hall–Kier alpha value is -0.860. The van der Waals surface area contributed by atoms with E-state index in [1.54, 1.807) is 0 Å². The number of hydrogen-bond acceptors (Lipinski definition) is 3. The third-order valence-electron chi connectivity index (χ3n) is 1.83. The van der Waals surface area contributed by atoms with Crippen LogP contribution in [-0.4, -0.2) is 11.9 Å². The van der Waals surface area contributed by atoms with Crippen LogP contribution < -0.4 is 0 Å². The Morgan fingerprint density at radius 2 is 2.00 bits per heavy atom. The molecule has 0 unspecified atom stereocenters. The van der Waals surface area contributed by atoms with E-state index in [9.17, 15) is 9.59 Å². The fourth-order valence-electron chi connectivity index (χ4n) is 0.981. The lowest BCUT2D eigenvalue weighted by Crippen LogP contribution is -2.11. The average Bonchev–Trinajstić information content (AvgIpc) is 2.71. The van der Waals surface area contributed by atoms with Crippen molar-refractivity contribution in [2.75, 3.05) is 0 Å². The zero-order valence-corrected chi connectivity index (χ0v) is 7.34. The van der Waals surface area contributed by atoms with Crippen molar-refractivity contribution in [3.05, 3.63) is 0 Å². The molecule has 1 aliphatic rings. The van der Waals surface area contributed by atoms with Gasteiger partial charge in [-0.3, -0.25) is 9.59 Å². The van der Waals surface area contributed by atoms with Gasteiger partial charge in [-0.25, -0.2) is 0 Å². The summed E-state index contributed by atoms with van der Waals surface area (Å²) in [6.45, 7) is 1.88. The molecule has 0 atom stereocenters. The highest BCUT2D eigenvalue weighted by atomic mass is 16.6.